The van der Waals surface area contributed by atoms with Gasteiger partial charge in [0, 0.05) is 29.9 Å². The third-order valence-corrected chi connectivity index (χ3v) is 8.79. The highest BCUT2D eigenvalue weighted by molar-refractivity contribution is 5.98. The van der Waals surface area contributed by atoms with Gasteiger partial charge in [-0.3, -0.25) is 14.9 Å². The molecule has 0 N–H and O–H groups in total. The molecule has 0 amide bonds. The molecule has 3 aromatic rings. The Morgan fingerprint density at radius 3 is 2.54 bits per heavy atom. The van der Waals surface area contributed by atoms with Crippen LogP contribution < -0.4 is 4.90 Å². The number of hydrogen-bond donors (Lipinski definition) is 0. The molecule has 0 saturated carbocycles. The predicted octanol–water partition coefficient (Wildman–Crippen LogP) is 7.06. The van der Waals surface area contributed by atoms with Crippen LogP contribution in [0, 0.1) is 10.1 Å². The lowest BCUT2D eigenvalue weighted by molar-refractivity contribution is -0.384. The van der Waals surface area contributed by atoms with Crippen LogP contribution in [0.5, 0.6) is 0 Å². The van der Waals surface area contributed by atoms with Crippen LogP contribution in [-0.2, 0) is 33.7 Å². The number of anilines is 1. The molecule has 0 bridgehead atoms. The van der Waals surface area contributed by atoms with Gasteiger partial charge in [-0.25, -0.2) is 5.11 Å². The summed E-state index contributed by atoms with van der Waals surface area (Å²) >= 11 is 0. The highest BCUT2D eigenvalue weighted by Gasteiger charge is 2.51. The van der Waals surface area contributed by atoms with Crippen LogP contribution in [0.25, 0.3) is 17.2 Å². The Morgan fingerprint density at radius 1 is 1.03 bits per heavy atom. The van der Waals surface area contributed by atoms with Crippen LogP contribution in [0.4, 0.5) is 11.4 Å². The zero-order valence-electron chi connectivity index (χ0n) is 22.5. The SMILES string of the molecule is CCC1(N2C(C[O])=CC=Cc3ccccc32)C(=O)CCc2c1ccc1c2C(C)(C)Cc2cc([N+](=O)[O-])ccc2-1. The van der Waals surface area contributed by atoms with E-state index in [-0.39, 0.29) is 21.8 Å². The average molecular weight is 520 g/mol. The zero-order chi connectivity index (χ0) is 27.5. The molecule has 1 unspecified atom stereocenters. The quantitative estimate of drug-likeness (QED) is 0.273. The molecule has 1 radical (unpaired) electrons. The number of carbonyl (C=O) groups is 1. The number of hydrogen-bond acceptors (Lipinski definition) is 4. The van der Waals surface area contributed by atoms with Gasteiger partial charge in [-0.1, -0.05) is 63.3 Å². The van der Waals surface area contributed by atoms with Crippen molar-refractivity contribution < 1.29 is 14.8 Å². The third-order valence-electron chi connectivity index (χ3n) is 8.79. The number of nitrogens with zero attached hydrogens (tertiary/aromatic N) is 2. The molecule has 1 atom stereocenters. The number of para-hydroxylation sites is 1. The summed E-state index contributed by atoms with van der Waals surface area (Å²) in [6, 6.07) is 17.2. The molecule has 197 valence electrons. The molecule has 3 aliphatic rings. The van der Waals surface area contributed by atoms with Gasteiger partial charge in [0.1, 0.15) is 12.1 Å². The van der Waals surface area contributed by atoms with Crippen molar-refractivity contribution in [3.63, 3.8) is 0 Å². The van der Waals surface area contributed by atoms with Crippen molar-refractivity contribution in [1.29, 1.82) is 0 Å². The first kappa shape index (κ1) is 25.3. The number of allylic oxidation sites excluding steroid dienone is 2. The minimum Gasteiger partial charge on any atom is -0.325 e. The Labute approximate surface area is 228 Å². The van der Waals surface area contributed by atoms with Gasteiger partial charge < -0.3 is 4.90 Å². The van der Waals surface area contributed by atoms with Crippen molar-refractivity contribution in [2.45, 2.75) is 57.4 Å². The van der Waals surface area contributed by atoms with Crippen LogP contribution in [0.1, 0.15) is 61.4 Å². The van der Waals surface area contributed by atoms with E-state index in [4.69, 9.17) is 0 Å². The van der Waals surface area contributed by atoms with Crippen LogP contribution in [0.2, 0.25) is 0 Å². The van der Waals surface area contributed by atoms with Crippen LogP contribution >= 0.6 is 0 Å². The molecule has 6 heteroatoms. The second kappa shape index (κ2) is 9.02. The predicted molar refractivity (Wildman–Crippen MR) is 152 cm³/mol. The molecule has 1 heterocycles. The van der Waals surface area contributed by atoms with Crippen molar-refractivity contribution in [3.8, 4) is 11.1 Å². The largest absolute Gasteiger partial charge is 0.325 e. The first-order valence-electron chi connectivity index (χ1n) is 13.6. The second-order valence-electron chi connectivity index (χ2n) is 11.4. The lowest BCUT2D eigenvalue weighted by Gasteiger charge is -2.49. The first-order chi connectivity index (χ1) is 18.7. The Balaban J connectivity index is 1.63. The van der Waals surface area contributed by atoms with E-state index in [9.17, 15) is 20.0 Å². The van der Waals surface area contributed by atoms with Crippen molar-refractivity contribution in [2.24, 2.45) is 0 Å². The van der Waals surface area contributed by atoms with Gasteiger partial charge in [-0.05, 0) is 81.8 Å². The summed E-state index contributed by atoms with van der Waals surface area (Å²) in [6.07, 6.45) is 7.95. The standard InChI is InChI=1S/C33H31N2O4/c1-4-33(34-24(20-36)10-7-9-21-8-5-6-11-29(21)34)28-16-14-26-25-13-12-23(35(38)39)18-22(25)19-32(2,3)31(26)27(28)15-17-30(33)37/h5-14,16,18H,4,15,17,19-20H2,1-3H3. The fraction of sp³-hybridized carbons (Fsp3) is 0.303. The third kappa shape index (κ3) is 3.62. The summed E-state index contributed by atoms with van der Waals surface area (Å²) in [7, 11) is 0. The van der Waals surface area contributed by atoms with E-state index in [2.05, 4.69) is 26.0 Å². The van der Waals surface area contributed by atoms with Gasteiger partial charge in [0.15, 0.2) is 5.78 Å². The molecular formula is C33H31N2O4. The fourth-order valence-electron chi connectivity index (χ4n) is 7.23. The number of Topliss-reactive ketones (excluding diaryl/α,β-unsaturated/α-hetero) is 1. The summed E-state index contributed by atoms with van der Waals surface area (Å²) < 4.78 is 0. The molecule has 0 fully saturated rings. The lowest BCUT2D eigenvalue weighted by Crippen LogP contribution is -2.55. The number of rotatable bonds is 4. The molecule has 39 heavy (non-hydrogen) atoms. The topological polar surface area (TPSA) is 83.3 Å². The molecule has 6 rings (SSSR count). The van der Waals surface area contributed by atoms with Gasteiger partial charge in [-0.2, -0.15) is 0 Å². The number of benzene rings is 3. The molecule has 2 aliphatic carbocycles. The van der Waals surface area contributed by atoms with Crippen LogP contribution in [0.15, 0.2) is 72.4 Å². The van der Waals surface area contributed by atoms with Gasteiger partial charge >= 0.3 is 0 Å². The minimum atomic E-state index is -1.01. The van der Waals surface area contributed by atoms with Crippen LogP contribution in [0.3, 0.4) is 0 Å². The Bertz CT molecular complexity index is 1600. The number of carbonyl (C=O) groups excluding carboxylic acids is 1. The van der Waals surface area contributed by atoms with E-state index in [1.807, 2.05) is 60.4 Å². The summed E-state index contributed by atoms with van der Waals surface area (Å²) in [5.74, 6) is 0.123. The summed E-state index contributed by atoms with van der Waals surface area (Å²) in [5, 5.41) is 24.1. The maximum Gasteiger partial charge on any atom is 0.269 e. The van der Waals surface area contributed by atoms with E-state index in [0.717, 1.165) is 33.5 Å². The van der Waals surface area contributed by atoms with Gasteiger partial charge in [-0.15, -0.1) is 0 Å². The maximum absolute atomic E-state index is 14.2. The van der Waals surface area contributed by atoms with E-state index in [0.29, 0.717) is 31.4 Å². The average Bonchev–Trinajstić information content (AvgIpc) is 3.11. The molecule has 0 aromatic heterocycles. The zero-order valence-corrected chi connectivity index (χ0v) is 22.5. The Hall–Kier alpha value is -4.03. The number of nitro benzene ring substituents is 1. The molecule has 3 aromatic carbocycles. The smallest absolute Gasteiger partial charge is 0.269 e. The minimum absolute atomic E-state index is 0.104. The Morgan fingerprint density at radius 2 is 1.79 bits per heavy atom. The number of non-ortho nitro benzene ring substituents is 1. The van der Waals surface area contributed by atoms with Gasteiger partial charge in [0.05, 0.1) is 4.92 Å². The van der Waals surface area contributed by atoms with Crippen molar-refractivity contribution >= 4 is 23.2 Å². The van der Waals surface area contributed by atoms with Crippen molar-refractivity contribution in [2.75, 3.05) is 11.5 Å². The molecule has 1 aliphatic heterocycles. The van der Waals surface area contributed by atoms with Gasteiger partial charge in [0.25, 0.3) is 5.69 Å². The summed E-state index contributed by atoms with van der Waals surface area (Å²) in [4.78, 5) is 27.3. The Kier molecular flexibility index (Phi) is 5.84. The monoisotopic (exact) mass is 519 g/mol. The van der Waals surface area contributed by atoms with Crippen LogP contribution in [-0.4, -0.2) is 17.3 Å². The normalized spacial score (nSPS) is 20.8. The molecule has 6 nitrogen and oxygen atoms in total. The number of ketones is 1. The molecule has 0 spiro atoms. The molecular weight excluding hydrogens is 488 g/mol. The highest BCUT2D eigenvalue weighted by atomic mass is 16.6. The number of fused-ring (bicyclic) bond motifs is 6. The van der Waals surface area contributed by atoms with Crippen molar-refractivity contribution in [1.82, 2.24) is 0 Å². The molecule has 0 saturated heterocycles. The fourth-order valence-corrected chi connectivity index (χ4v) is 7.23. The van der Waals surface area contributed by atoms with Crippen molar-refractivity contribution in [3.05, 3.63) is 110 Å². The van der Waals surface area contributed by atoms with E-state index >= 15 is 0 Å². The first-order valence-corrected chi connectivity index (χ1v) is 13.6. The number of nitro groups is 1. The second-order valence-corrected chi connectivity index (χ2v) is 11.4. The lowest BCUT2D eigenvalue weighted by atomic mass is 9.63. The van der Waals surface area contributed by atoms with Gasteiger partial charge in [0.2, 0.25) is 0 Å². The highest BCUT2D eigenvalue weighted by Crippen LogP contribution is 2.52. The van der Waals surface area contributed by atoms with E-state index in [1.54, 1.807) is 12.1 Å². The summed E-state index contributed by atoms with van der Waals surface area (Å²) in [6.45, 7) is 5.97. The van der Waals surface area contributed by atoms with E-state index < -0.39 is 12.1 Å². The maximum atomic E-state index is 14.2. The van der Waals surface area contributed by atoms with E-state index in [1.165, 1.54) is 11.1 Å². The summed E-state index contributed by atoms with van der Waals surface area (Å²) in [5.41, 5.74) is 7.63.